The minimum atomic E-state index is -0.491. The molecule has 0 aliphatic rings. The first-order valence-electron chi connectivity index (χ1n) is 9.24. The Morgan fingerprint density at radius 1 is 1.03 bits per heavy atom. The quantitative estimate of drug-likeness (QED) is 0.621. The number of hydrogen-bond acceptors (Lipinski definition) is 6. The van der Waals surface area contributed by atoms with Crippen molar-refractivity contribution in [1.82, 2.24) is 9.97 Å². The first-order valence-corrected chi connectivity index (χ1v) is 9.24. The Morgan fingerprint density at radius 3 is 2.52 bits per heavy atom. The molecule has 0 unspecified atom stereocenters. The van der Waals surface area contributed by atoms with E-state index >= 15 is 0 Å². The molecule has 1 N–H and O–H groups in total. The summed E-state index contributed by atoms with van der Waals surface area (Å²) >= 11 is 0. The third kappa shape index (κ3) is 5.16. The lowest BCUT2D eigenvalue weighted by Gasteiger charge is -2.17. The van der Waals surface area contributed by atoms with Crippen molar-refractivity contribution in [2.75, 3.05) is 23.9 Å². The minimum Gasteiger partial charge on any atom is -0.462 e. The third-order valence-corrected chi connectivity index (χ3v) is 4.15. The van der Waals surface area contributed by atoms with Gasteiger partial charge in [0.15, 0.2) is 0 Å². The number of anilines is 2. The van der Waals surface area contributed by atoms with E-state index in [4.69, 9.17) is 4.74 Å². The van der Waals surface area contributed by atoms with Gasteiger partial charge in [-0.3, -0.25) is 4.79 Å². The highest BCUT2D eigenvalue weighted by Gasteiger charge is 2.16. The fourth-order valence-electron chi connectivity index (χ4n) is 2.75. The number of carbonyl (C=O) groups excluding carboxylic acids is 2. The van der Waals surface area contributed by atoms with Crippen molar-refractivity contribution >= 4 is 23.5 Å². The molecule has 0 saturated heterocycles. The normalized spacial score (nSPS) is 10.3. The lowest BCUT2D eigenvalue weighted by atomic mass is 10.1. The van der Waals surface area contributed by atoms with Crippen LogP contribution in [0.25, 0.3) is 0 Å². The molecule has 0 aliphatic carbocycles. The summed E-state index contributed by atoms with van der Waals surface area (Å²) in [6, 6.07) is 18.1. The number of rotatable bonds is 7. The highest BCUT2D eigenvalue weighted by molar-refractivity contribution is 6.07. The standard InChI is InChI=1S/C22H22N4O3/c1-3-29-21(28)17-11-7-8-12-18(17)24-20(27)19-13-14-23-22(25-19)26(2)15-16-9-5-4-6-10-16/h4-14H,3,15H2,1-2H3,(H,24,27). The predicted molar refractivity (Wildman–Crippen MR) is 111 cm³/mol. The Bertz CT molecular complexity index is 992. The van der Waals surface area contributed by atoms with Gasteiger partial charge in [-0.05, 0) is 30.7 Å². The van der Waals surface area contributed by atoms with Crippen LogP contribution in [0, 0.1) is 0 Å². The second kappa shape index (κ2) is 9.45. The summed E-state index contributed by atoms with van der Waals surface area (Å²) < 4.78 is 5.04. The predicted octanol–water partition coefficient (Wildman–Crippen LogP) is 3.54. The van der Waals surface area contributed by atoms with E-state index in [9.17, 15) is 9.59 Å². The van der Waals surface area contributed by atoms with Crippen LogP contribution in [0.2, 0.25) is 0 Å². The highest BCUT2D eigenvalue weighted by Crippen LogP contribution is 2.18. The third-order valence-electron chi connectivity index (χ3n) is 4.15. The molecule has 0 saturated carbocycles. The molecule has 0 aliphatic heterocycles. The van der Waals surface area contributed by atoms with Gasteiger partial charge in [0.05, 0.1) is 17.9 Å². The molecular weight excluding hydrogens is 368 g/mol. The van der Waals surface area contributed by atoms with Gasteiger partial charge in [-0.1, -0.05) is 42.5 Å². The van der Waals surface area contributed by atoms with E-state index in [-0.39, 0.29) is 17.9 Å². The molecule has 1 aromatic heterocycles. The first-order chi connectivity index (χ1) is 14.1. The first kappa shape index (κ1) is 20.0. The minimum absolute atomic E-state index is 0.202. The monoisotopic (exact) mass is 390 g/mol. The second-order valence-electron chi connectivity index (χ2n) is 6.30. The molecule has 7 heteroatoms. The number of esters is 1. The molecule has 0 radical (unpaired) electrons. The topological polar surface area (TPSA) is 84.4 Å². The Labute approximate surface area is 169 Å². The highest BCUT2D eigenvalue weighted by atomic mass is 16.5. The van der Waals surface area contributed by atoms with Crippen LogP contribution in [-0.4, -0.2) is 35.5 Å². The van der Waals surface area contributed by atoms with Crippen molar-refractivity contribution in [3.63, 3.8) is 0 Å². The number of benzene rings is 2. The number of aromatic nitrogens is 2. The fourth-order valence-corrected chi connectivity index (χ4v) is 2.75. The summed E-state index contributed by atoms with van der Waals surface area (Å²) in [4.78, 5) is 35.3. The Kier molecular flexibility index (Phi) is 6.52. The van der Waals surface area contributed by atoms with Gasteiger partial charge in [-0.25, -0.2) is 14.8 Å². The second-order valence-corrected chi connectivity index (χ2v) is 6.30. The molecule has 3 rings (SSSR count). The zero-order valence-corrected chi connectivity index (χ0v) is 16.3. The van der Waals surface area contributed by atoms with Gasteiger partial charge < -0.3 is 15.0 Å². The molecule has 1 amide bonds. The zero-order valence-electron chi connectivity index (χ0n) is 16.3. The van der Waals surface area contributed by atoms with Crippen LogP contribution in [0.1, 0.15) is 33.3 Å². The number of amides is 1. The number of hydrogen-bond donors (Lipinski definition) is 1. The molecule has 1 heterocycles. The number of ether oxygens (including phenoxy) is 1. The molecule has 148 valence electrons. The molecule has 0 fully saturated rings. The van der Waals surface area contributed by atoms with Crippen molar-refractivity contribution in [1.29, 1.82) is 0 Å². The van der Waals surface area contributed by atoms with Gasteiger partial charge >= 0.3 is 5.97 Å². The summed E-state index contributed by atoms with van der Waals surface area (Å²) in [5.41, 5.74) is 1.97. The maximum Gasteiger partial charge on any atom is 0.340 e. The fraction of sp³-hybridized carbons (Fsp3) is 0.182. The van der Waals surface area contributed by atoms with Crippen LogP contribution in [-0.2, 0) is 11.3 Å². The van der Waals surface area contributed by atoms with E-state index in [0.29, 0.717) is 18.2 Å². The molecule has 3 aromatic rings. The molecule has 7 nitrogen and oxygen atoms in total. The molecule has 2 aromatic carbocycles. The van der Waals surface area contributed by atoms with Crippen LogP contribution in [0.5, 0.6) is 0 Å². The van der Waals surface area contributed by atoms with Crippen LogP contribution < -0.4 is 10.2 Å². The van der Waals surface area contributed by atoms with E-state index in [2.05, 4.69) is 15.3 Å². The van der Waals surface area contributed by atoms with Crippen molar-refractivity contribution in [3.8, 4) is 0 Å². The van der Waals surface area contributed by atoms with E-state index in [1.165, 1.54) is 12.3 Å². The molecular formula is C22H22N4O3. The van der Waals surface area contributed by atoms with Gasteiger partial charge in [0.1, 0.15) is 5.69 Å². The lowest BCUT2D eigenvalue weighted by molar-refractivity contribution is 0.0527. The molecule has 0 atom stereocenters. The summed E-state index contributed by atoms with van der Waals surface area (Å²) in [7, 11) is 1.86. The van der Waals surface area contributed by atoms with E-state index in [0.717, 1.165) is 5.56 Å². The number of carbonyl (C=O) groups is 2. The average molecular weight is 390 g/mol. The zero-order chi connectivity index (χ0) is 20.6. The van der Waals surface area contributed by atoms with Crippen LogP contribution >= 0.6 is 0 Å². The van der Waals surface area contributed by atoms with Crippen LogP contribution in [0.15, 0.2) is 66.9 Å². The largest absolute Gasteiger partial charge is 0.462 e. The number of para-hydroxylation sites is 1. The number of nitrogens with one attached hydrogen (secondary N) is 1. The van der Waals surface area contributed by atoms with Crippen molar-refractivity contribution in [2.45, 2.75) is 13.5 Å². The van der Waals surface area contributed by atoms with Gasteiger partial charge in [0.2, 0.25) is 5.95 Å². The summed E-state index contributed by atoms with van der Waals surface area (Å²) in [5.74, 6) is -0.493. The van der Waals surface area contributed by atoms with Gasteiger partial charge in [-0.2, -0.15) is 0 Å². The lowest BCUT2D eigenvalue weighted by Crippen LogP contribution is -2.22. The van der Waals surface area contributed by atoms with Gasteiger partial charge in [0, 0.05) is 19.8 Å². The van der Waals surface area contributed by atoms with Crippen molar-refractivity contribution in [2.24, 2.45) is 0 Å². The van der Waals surface area contributed by atoms with E-state index < -0.39 is 11.9 Å². The number of nitrogens with zero attached hydrogens (tertiary/aromatic N) is 3. The summed E-state index contributed by atoms with van der Waals surface area (Å²) in [6.07, 6.45) is 1.54. The molecule has 0 bridgehead atoms. The van der Waals surface area contributed by atoms with E-state index in [1.807, 2.05) is 42.3 Å². The average Bonchev–Trinajstić information content (AvgIpc) is 2.75. The smallest absolute Gasteiger partial charge is 0.340 e. The van der Waals surface area contributed by atoms with Gasteiger partial charge in [0.25, 0.3) is 5.91 Å². The Balaban J connectivity index is 1.76. The molecule has 0 spiro atoms. The van der Waals surface area contributed by atoms with E-state index in [1.54, 1.807) is 31.2 Å². The maximum atomic E-state index is 12.7. The summed E-state index contributed by atoms with van der Waals surface area (Å²) in [5, 5.41) is 2.73. The Morgan fingerprint density at radius 2 is 1.76 bits per heavy atom. The van der Waals surface area contributed by atoms with Gasteiger partial charge in [-0.15, -0.1) is 0 Å². The van der Waals surface area contributed by atoms with Crippen molar-refractivity contribution in [3.05, 3.63) is 83.7 Å². The summed E-state index contributed by atoms with van der Waals surface area (Å²) in [6.45, 7) is 2.59. The molecule has 29 heavy (non-hydrogen) atoms. The van der Waals surface area contributed by atoms with Crippen molar-refractivity contribution < 1.29 is 14.3 Å². The van der Waals surface area contributed by atoms with Crippen LogP contribution in [0.4, 0.5) is 11.6 Å². The maximum absolute atomic E-state index is 12.7. The SMILES string of the molecule is CCOC(=O)c1ccccc1NC(=O)c1ccnc(N(C)Cc2ccccc2)n1. The Hall–Kier alpha value is -3.74. The van der Waals surface area contributed by atoms with Crippen LogP contribution in [0.3, 0.4) is 0 Å².